The molecule has 15 nitrogen and oxygen atoms in total. The highest BCUT2D eigenvalue weighted by Gasteiger charge is 2.38. The Bertz CT molecular complexity index is 1280. The third kappa shape index (κ3) is 18.8. The van der Waals surface area contributed by atoms with Crippen LogP contribution in [0.1, 0.15) is 84.1 Å². The summed E-state index contributed by atoms with van der Waals surface area (Å²) in [4.78, 5) is 64.3. The molecule has 0 unspecified atom stereocenters. The van der Waals surface area contributed by atoms with E-state index in [1.807, 2.05) is 32.0 Å². The maximum Gasteiger partial charge on any atom is 0.490 e. The number of alkyl carbamates (subject to hydrolysis) is 1. The lowest BCUT2D eigenvalue weighted by molar-refractivity contribution is -0.192. The number of rotatable bonds is 17. The minimum Gasteiger partial charge on any atom is -0.475 e. The Balaban J connectivity index is 0.00000167. The summed E-state index contributed by atoms with van der Waals surface area (Å²) < 4.78 is 37.0. The Morgan fingerprint density at radius 1 is 0.980 bits per heavy atom. The van der Waals surface area contributed by atoms with Gasteiger partial charge in [0.1, 0.15) is 18.7 Å². The summed E-state index contributed by atoms with van der Waals surface area (Å²) in [6.45, 7) is 5.58. The molecule has 10 N–H and O–H groups in total. The summed E-state index contributed by atoms with van der Waals surface area (Å²) in [6, 6.07) is 6.48. The Morgan fingerprint density at radius 3 is 2.14 bits per heavy atom. The molecule has 1 aliphatic rings. The molecular weight excluding hydrogens is 679 g/mol. The van der Waals surface area contributed by atoms with Gasteiger partial charge in [-0.3, -0.25) is 19.4 Å². The standard InChI is InChI=1S/C31H51N7O6.C2HF3O2/c1-4-20(2)27(25(39)18-26(40)36-23-14-9-6-10-15-23)38-28(41)21(3)35-29(42)24(16-11-17-34-30(32)33)37-31(43)44-19-22-12-7-5-8-13-22;3-2(4,5)1(6)7/h5,7-8,12-13,20-21,23-25,27,39H,4,6,9-11,14-19H2,1-3H3,(H,35,42)(H,36,40)(H,37,43)(H,38,41)(H4,32,33,34);(H,6,7)/t20-,21-,24-,25-,27-;/m0./s1. The van der Waals surface area contributed by atoms with Gasteiger partial charge in [0.25, 0.3) is 0 Å². The average Bonchev–Trinajstić information content (AvgIpc) is 3.07. The monoisotopic (exact) mass is 731 g/mol. The zero-order valence-corrected chi connectivity index (χ0v) is 29.2. The molecule has 1 aromatic rings. The zero-order valence-electron chi connectivity index (χ0n) is 29.2. The molecule has 2 rings (SSSR count). The lowest BCUT2D eigenvalue weighted by Crippen LogP contribution is -2.56. The summed E-state index contributed by atoms with van der Waals surface area (Å²) in [6.07, 6.45) is -0.738. The summed E-state index contributed by atoms with van der Waals surface area (Å²) in [5.74, 6) is -4.35. The molecule has 0 heterocycles. The second-order valence-electron chi connectivity index (χ2n) is 12.3. The van der Waals surface area contributed by atoms with Gasteiger partial charge in [-0.1, -0.05) is 69.9 Å². The number of nitrogens with two attached hydrogens (primary N) is 2. The minimum absolute atomic E-state index is 0.0197. The number of hydrogen-bond acceptors (Lipinski definition) is 8. The van der Waals surface area contributed by atoms with Gasteiger partial charge in [-0.15, -0.1) is 0 Å². The number of nitrogens with one attached hydrogen (secondary N) is 4. The number of aliphatic imine (C=N–C) groups is 1. The highest BCUT2D eigenvalue weighted by Crippen LogP contribution is 2.19. The van der Waals surface area contributed by atoms with Gasteiger partial charge in [0.15, 0.2) is 5.96 Å². The number of halogens is 3. The van der Waals surface area contributed by atoms with Crippen LogP contribution in [0, 0.1) is 5.92 Å². The Labute approximate surface area is 295 Å². The molecule has 0 saturated heterocycles. The van der Waals surface area contributed by atoms with Crippen molar-refractivity contribution in [2.24, 2.45) is 22.4 Å². The number of alkyl halides is 3. The Hall–Kier alpha value is -4.61. The van der Waals surface area contributed by atoms with E-state index in [4.69, 9.17) is 26.1 Å². The lowest BCUT2D eigenvalue weighted by atomic mass is 9.91. The van der Waals surface area contributed by atoms with Crippen LogP contribution in [0.25, 0.3) is 0 Å². The fourth-order valence-electron chi connectivity index (χ4n) is 5.07. The van der Waals surface area contributed by atoms with Crippen molar-refractivity contribution in [3.63, 3.8) is 0 Å². The third-order valence-corrected chi connectivity index (χ3v) is 8.11. The molecule has 5 atom stereocenters. The summed E-state index contributed by atoms with van der Waals surface area (Å²) in [7, 11) is 0. The molecule has 0 spiro atoms. The van der Waals surface area contributed by atoms with Crippen molar-refractivity contribution in [3.05, 3.63) is 35.9 Å². The van der Waals surface area contributed by atoms with E-state index in [1.165, 1.54) is 13.3 Å². The van der Waals surface area contributed by atoms with E-state index < -0.39 is 54.3 Å². The van der Waals surface area contributed by atoms with Crippen molar-refractivity contribution in [2.45, 2.75) is 122 Å². The number of ether oxygens (including phenoxy) is 1. The SMILES string of the molecule is CC[C@H](C)[C@H](NC(=O)[C@H](C)NC(=O)[C@H](CCCN=C(N)N)NC(=O)OCc1ccccc1)[C@@H](O)CC(=O)NC1CCCCC1.O=C(O)C(F)(F)F. The van der Waals surface area contributed by atoms with E-state index >= 15 is 0 Å². The van der Waals surface area contributed by atoms with Gasteiger partial charge in [-0.05, 0) is 44.1 Å². The normalized spacial score (nSPS) is 16.0. The molecule has 1 aromatic carbocycles. The summed E-state index contributed by atoms with van der Waals surface area (Å²) in [5, 5.41) is 29.1. The molecule has 1 fully saturated rings. The highest BCUT2D eigenvalue weighted by atomic mass is 19.4. The van der Waals surface area contributed by atoms with E-state index in [1.54, 1.807) is 12.1 Å². The number of carbonyl (C=O) groups is 5. The van der Waals surface area contributed by atoms with Crippen LogP contribution in [0.15, 0.2) is 35.3 Å². The molecule has 0 aliphatic heterocycles. The van der Waals surface area contributed by atoms with Gasteiger partial charge in [0.2, 0.25) is 17.7 Å². The highest BCUT2D eigenvalue weighted by molar-refractivity contribution is 5.91. The third-order valence-electron chi connectivity index (χ3n) is 8.11. The maximum atomic E-state index is 13.2. The van der Waals surface area contributed by atoms with Crippen LogP contribution in [-0.4, -0.2) is 88.9 Å². The topological polar surface area (TPSA) is 248 Å². The van der Waals surface area contributed by atoms with Crippen LogP contribution in [0.3, 0.4) is 0 Å². The quantitative estimate of drug-likeness (QED) is 0.0659. The number of carbonyl (C=O) groups excluding carboxylic acids is 4. The van der Waals surface area contributed by atoms with Crippen LogP contribution < -0.4 is 32.7 Å². The van der Waals surface area contributed by atoms with E-state index in [2.05, 4.69) is 26.3 Å². The van der Waals surface area contributed by atoms with Crippen LogP contribution >= 0.6 is 0 Å². The number of aliphatic hydroxyl groups is 1. The van der Waals surface area contributed by atoms with Gasteiger partial charge >= 0.3 is 18.2 Å². The molecular formula is C33H52F3N7O8. The second kappa shape index (κ2) is 23.0. The Morgan fingerprint density at radius 2 is 1.59 bits per heavy atom. The molecule has 4 amide bonds. The fourth-order valence-corrected chi connectivity index (χ4v) is 5.07. The first-order valence-electron chi connectivity index (χ1n) is 16.8. The van der Waals surface area contributed by atoms with Crippen molar-refractivity contribution >= 4 is 35.7 Å². The van der Waals surface area contributed by atoms with E-state index in [9.17, 15) is 37.5 Å². The Kier molecular flexibility index (Phi) is 20.0. The average molecular weight is 732 g/mol. The van der Waals surface area contributed by atoms with Crippen molar-refractivity contribution in [1.82, 2.24) is 21.3 Å². The molecule has 1 aliphatic carbocycles. The van der Waals surface area contributed by atoms with Gasteiger partial charge < -0.3 is 47.7 Å². The number of guanidine groups is 1. The minimum atomic E-state index is -5.08. The van der Waals surface area contributed by atoms with Crippen molar-refractivity contribution in [3.8, 4) is 0 Å². The first-order chi connectivity index (χ1) is 23.9. The summed E-state index contributed by atoms with van der Waals surface area (Å²) >= 11 is 0. The van der Waals surface area contributed by atoms with Gasteiger partial charge in [0, 0.05) is 12.6 Å². The maximum absolute atomic E-state index is 13.2. The first kappa shape index (κ1) is 44.4. The number of amides is 4. The largest absolute Gasteiger partial charge is 0.490 e. The predicted octanol–water partition coefficient (Wildman–Crippen LogP) is 2.20. The first-order valence-corrected chi connectivity index (χ1v) is 16.8. The molecule has 0 aromatic heterocycles. The number of carboxylic acid groups (broad SMARTS) is 1. The van der Waals surface area contributed by atoms with Gasteiger partial charge in [-0.25, -0.2) is 9.59 Å². The fraction of sp³-hybridized carbons (Fsp3) is 0.636. The molecule has 1 saturated carbocycles. The molecule has 0 radical (unpaired) electrons. The number of benzene rings is 1. The van der Waals surface area contributed by atoms with Crippen LogP contribution in [0.4, 0.5) is 18.0 Å². The zero-order chi connectivity index (χ0) is 38.6. The molecule has 51 heavy (non-hydrogen) atoms. The molecule has 0 bridgehead atoms. The van der Waals surface area contributed by atoms with Crippen molar-refractivity contribution < 1.29 is 52.1 Å². The predicted molar refractivity (Wildman–Crippen MR) is 182 cm³/mol. The van der Waals surface area contributed by atoms with Crippen LogP contribution in [0.2, 0.25) is 0 Å². The number of hydrogen-bond donors (Lipinski definition) is 8. The second-order valence-corrected chi connectivity index (χ2v) is 12.3. The van der Waals surface area contributed by atoms with E-state index in [0.29, 0.717) is 12.8 Å². The number of carboxylic acids is 1. The summed E-state index contributed by atoms with van der Waals surface area (Å²) in [5.41, 5.74) is 11.5. The van der Waals surface area contributed by atoms with Crippen molar-refractivity contribution in [2.75, 3.05) is 6.54 Å². The lowest BCUT2D eigenvalue weighted by Gasteiger charge is -2.31. The van der Waals surface area contributed by atoms with Crippen molar-refractivity contribution in [1.29, 1.82) is 0 Å². The molecule has 288 valence electrons. The van der Waals surface area contributed by atoms with E-state index in [-0.39, 0.29) is 49.8 Å². The van der Waals surface area contributed by atoms with Crippen LogP contribution in [0.5, 0.6) is 0 Å². The number of aliphatic carboxylic acids is 1. The van der Waals surface area contributed by atoms with Gasteiger partial charge in [0.05, 0.1) is 18.6 Å². The number of aliphatic hydroxyl groups excluding tert-OH is 1. The van der Waals surface area contributed by atoms with Gasteiger partial charge in [-0.2, -0.15) is 13.2 Å². The smallest absolute Gasteiger partial charge is 0.475 e. The molecule has 18 heteroatoms. The van der Waals surface area contributed by atoms with Crippen LogP contribution in [-0.2, 0) is 30.5 Å². The van der Waals surface area contributed by atoms with E-state index in [0.717, 1.165) is 31.2 Å². The number of nitrogens with zero attached hydrogens (tertiary/aromatic N) is 1.